The number of guanidine groups is 1. The lowest BCUT2D eigenvalue weighted by molar-refractivity contribution is 0.172. The molecule has 0 bridgehead atoms. The minimum atomic E-state index is 0.240. The highest BCUT2D eigenvalue weighted by Crippen LogP contribution is 2.42. The number of rotatable bonds is 2. The first-order valence-corrected chi connectivity index (χ1v) is 6.85. The van der Waals surface area contributed by atoms with Crippen LogP contribution in [-0.4, -0.2) is 40.0 Å². The summed E-state index contributed by atoms with van der Waals surface area (Å²) in [4.78, 5) is 6.84. The van der Waals surface area contributed by atoms with Crippen LogP contribution in [0.25, 0.3) is 0 Å². The summed E-state index contributed by atoms with van der Waals surface area (Å²) in [6.07, 6.45) is 2.36. The van der Waals surface area contributed by atoms with Crippen LogP contribution in [-0.2, 0) is 0 Å². The third-order valence-corrected chi connectivity index (χ3v) is 5.07. The Morgan fingerprint density at radius 1 is 1.73 bits per heavy atom. The van der Waals surface area contributed by atoms with E-state index in [-0.39, 0.29) is 5.54 Å². The number of hydrogen-bond donors (Lipinski definition) is 1. The van der Waals surface area contributed by atoms with Crippen molar-refractivity contribution in [2.24, 2.45) is 10.7 Å². The molecule has 2 rings (SSSR count). The fourth-order valence-electron chi connectivity index (χ4n) is 2.73. The smallest absolute Gasteiger partial charge is 0.192 e. The van der Waals surface area contributed by atoms with Gasteiger partial charge < -0.3 is 10.6 Å². The van der Waals surface area contributed by atoms with E-state index in [1.165, 1.54) is 12.2 Å². The van der Waals surface area contributed by atoms with E-state index in [0.29, 0.717) is 6.04 Å². The van der Waals surface area contributed by atoms with Crippen LogP contribution in [0.4, 0.5) is 0 Å². The van der Waals surface area contributed by atoms with Crippen LogP contribution in [0.15, 0.2) is 4.99 Å². The molecule has 3 nitrogen and oxygen atoms in total. The fourth-order valence-corrected chi connectivity index (χ4v) is 4.10. The van der Waals surface area contributed by atoms with Crippen molar-refractivity contribution >= 4 is 17.7 Å². The Labute approximate surface area is 96.5 Å². The lowest BCUT2D eigenvalue weighted by atomic mass is 9.93. The summed E-state index contributed by atoms with van der Waals surface area (Å²) in [5, 5.41) is 0.748. The molecule has 3 unspecified atom stereocenters. The molecular formula is C11H21N3S. The molecule has 0 aromatic rings. The van der Waals surface area contributed by atoms with Crippen molar-refractivity contribution in [1.82, 2.24) is 4.90 Å². The zero-order valence-corrected chi connectivity index (χ0v) is 10.7. The normalized spacial score (nSPS) is 37.4. The molecule has 0 aliphatic carbocycles. The molecule has 0 amide bonds. The van der Waals surface area contributed by atoms with Gasteiger partial charge in [-0.05, 0) is 19.8 Å². The molecule has 0 aromatic heterocycles. The van der Waals surface area contributed by atoms with Gasteiger partial charge in [0.15, 0.2) is 5.96 Å². The molecule has 2 N–H and O–H groups in total. The van der Waals surface area contributed by atoms with Gasteiger partial charge in [0.2, 0.25) is 0 Å². The van der Waals surface area contributed by atoms with Crippen molar-refractivity contribution in [3.8, 4) is 0 Å². The second-order valence-electron chi connectivity index (χ2n) is 4.85. The number of hydrogen-bond acceptors (Lipinski definition) is 4. The molecule has 2 aliphatic heterocycles. The van der Waals surface area contributed by atoms with E-state index >= 15 is 0 Å². The average Bonchev–Trinajstić information content (AvgIpc) is 2.72. The van der Waals surface area contributed by atoms with Gasteiger partial charge in [0.25, 0.3) is 0 Å². The highest BCUT2D eigenvalue weighted by atomic mass is 32.2. The van der Waals surface area contributed by atoms with E-state index in [4.69, 9.17) is 5.73 Å². The summed E-state index contributed by atoms with van der Waals surface area (Å²) in [6, 6.07) is 0.516. The Hall–Kier alpha value is -0.380. The van der Waals surface area contributed by atoms with Gasteiger partial charge in [-0.3, -0.25) is 4.99 Å². The number of thioether (sulfide) groups is 1. The molecule has 86 valence electrons. The Kier molecular flexibility index (Phi) is 2.88. The summed E-state index contributed by atoms with van der Waals surface area (Å²) >= 11 is 2.06. The van der Waals surface area contributed by atoms with Crippen molar-refractivity contribution in [3.05, 3.63) is 0 Å². The molecule has 2 heterocycles. The molecule has 1 saturated heterocycles. The molecule has 0 aromatic carbocycles. The van der Waals surface area contributed by atoms with Crippen LogP contribution < -0.4 is 5.73 Å². The van der Waals surface area contributed by atoms with Crippen LogP contribution in [0.3, 0.4) is 0 Å². The van der Waals surface area contributed by atoms with E-state index in [2.05, 4.69) is 42.4 Å². The van der Waals surface area contributed by atoms with Gasteiger partial charge in [-0.1, -0.05) is 13.8 Å². The summed E-state index contributed by atoms with van der Waals surface area (Å²) in [7, 11) is 0. The lowest BCUT2D eigenvalue weighted by Gasteiger charge is -2.39. The van der Waals surface area contributed by atoms with E-state index in [9.17, 15) is 0 Å². The minimum absolute atomic E-state index is 0.240. The van der Waals surface area contributed by atoms with Crippen LogP contribution in [0.2, 0.25) is 0 Å². The van der Waals surface area contributed by atoms with Crippen LogP contribution >= 0.6 is 11.8 Å². The van der Waals surface area contributed by atoms with E-state index in [0.717, 1.165) is 24.2 Å². The topological polar surface area (TPSA) is 41.6 Å². The van der Waals surface area contributed by atoms with Crippen LogP contribution in [0.1, 0.15) is 33.6 Å². The van der Waals surface area contributed by atoms with Crippen molar-refractivity contribution in [1.29, 1.82) is 0 Å². The van der Waals surface area contributed by atoms with Gasteiger partial charge in [0, 0.05) is 17.0 Å². The van der Waals surface area contributed by atoms with Crippen LogP contribution in [0, 0.1) is 0 Å². The molecule has 0 saturated carbocycles. The van der Waals surface area contributed by atoms with Crippen molar-refractivity contribution < 1.29 is 0 Å². The predicted octanol–water partition coefficient (Wildman–Crippen LogP) is 1.68. The third kappa shape index (κ3) is 1.73. The summed E-state index contributed by atoms with van der Waals surface area (Å²) in [5.74, 6) is 1.95. The lowest BCUT2D eigenvalue weighted by Crippen LogP contribution is -2.55. The molecule has 0 radical (unpaired) electrons. The fraction of sp³-hybridized carbons (Fsp3) is 0.909. The standard InChI is InChI=1S/C11H21N3S/c1-4-8(2)14-10(12)13-6-11(14)5-9(3)15-7-11/h8-9H,4-7H2,1-3H3,(H2,12,13). The monoisotopic (exact) mass is 227 g/mol. The summed E-state index contributed by atoms with van der Waals surface area (Å²) in [6.45, 7) is 7.68. The SMILES string of the molecule is CCC(C)N1C(N)=NCC12CSC(C)C2. The highest BCUT2D eigenvalue weighted by Gasteiger charge is 2.48. The molecule has 4 heteroatoms. The second-order valence-corrected chi connectivity index (χ2v) is 6.28. The third-order valence-electron chi connectivity index (χ3n) is 3.63. The van der Waals surface area contributed by atoms with Crippen molar-refractivity contribution in [3.63, 3.8) is 0 Å². The predicted molar refractivity (Wildman–Crippen MR) is 67.3 cm³/mol. The number of nitrogens with zero attached hydrogens (tertiary/aromatic N) is 2. The Morgan fingerprint density at radius 2 is 2.47 bits per heavy atom. The van der Waals surface area contributed by atoms with Gasteiger partial charge in [-0.25, -0.2) is 0 Å². The zero-order valence-electron chi connectivity index (χ0n) is 9.86. The second kappa shape index (κ2) is 3.89. The maximum atomic E-state index is 6.02. The Bertz CT molecular complexity index is 279. The molecular weight excluding hydrogens is 206 g/mol. The number of nitrogens with two attached hydrogens (primary N) is 1. The maximum absolute atomic E-state index is 6.02. The first-order valence-electron chi connectivity index (χ1n) is 5.80. The largest absolute Gasteiger partial charge is 0.370 e. The van der Waals surface area contributed by atoms with Crippen LogP contribution in [0.5, 0.6) is 0 Å². The first kappa shape index (κ1) is 11.1. The average molecular weight is 227 g/mol. The van der Waals surface area contributed by atoms with Gasteiger partial charge in [0.05, 0.1) is 12.1 Å². The molecule has 1 fully saturated rings. The van der Waals surface area contributed by atoms with Gasteiger partial charge in [-0.15, -0.1) is 0 Å². The van der Waals surface area contributed by atoms with E-state index < -0.39 is 0 Å². The van der Waals surface area contributed by atoms with Gasteiger partial charge in [-0.2, -0.15) is 11.8 Å². The highest BCUT2D eigenvalue weighted by molar-refractivity contribution is 8.00. The zero-order chi connectivity index (χ0) is 11.1. The first-order chi connectivity index (χ1) is 7.09. The molecule has 1 spiro atoms. The quantitative estimate of drug-likeness (QED) is 0.780. The van der Waals surface area contributed by atoms with Gasteiger partial charge >= 0.3 is 0 Å². The Balaban J connectivity index is 2.20. The molecule has 3 atom stereocenters. The summed E-state index contributed by atoms with van der Waals surface area (Å²) in [5.41, 5.74) is 6.26. The van der Waals surface area contributed by atoms with Gasteiger partial charge in [0.1, 0.15) is 0 Å². The number of aliphatic imine (C=N–C) groups is 1. The van der Waals surface area contributed by atoms with Crippen molar-refractivity contribution in [2.45, 2.75) is 50.4 Å². The van der Waals surface area contributed by atoms with E-state index in [1.54, 1.807) is 0 Å². The summed E-state index contributed by atoms with van der Waals surface area (Å²) < 4.78 is 0. The maximum Gasteiger partial charge on any atom is 0.192 e. The molecule has 15 heavy (non-hydrogen) atoms. The molecule has 2 aliphatic rings. The van der Waals surface area contributed by atoms with Crippen molar-refractivity contribution in [2.75, 3.05) is 12.3 Å². The Morgan fingerprint density at radius 3 is 3.00 bits per heavy atom. The minimum Gasteiger partial charge on any atom is -0.370 e. The van der Waals surface area contributed by atoms with E-state index in [1.807, 2.05) is 0 Å².